The Balaban J connectivity index is 1.74. The summed E-state index contributed by atoms with van der Waals surface area (Å²) in [5.74, 6) is 0.143. The topological polar surface area (TPSA) is 34.1 Å². The quantitative estimate of drug-likeness (QED) is 0.594. The number of Topliss-reactive ketones (excluding diaryl/α,β-unsaturated/α-hetero) is 2. The average Bonchev–Trinajstić information content (AvgIpc) is 3.09. The zero-order valence-electron chi connectivity index (χ0n) is 12.6. The number of ketones is 2. The minimum atomic E-state index is -0.262. The maximum absolute atomic E-state index is 12.5. The summed E-state index contributed by atoms with van der Waals surface area (Å²) in [6, 6.07) is 7.83. The highest BCUT2D eigenvalue weighted by Crippen LogP contribution is 2.34. The Hall–Kier alpha value is -1.44. The molecular weight excluding hydrogens is 260 g/mol. The Kier molecular flexibility index (Phi) is 4.52. The van der Waals surface area contributed by atoms with Crippen LogP contribution in [-0.2, 0) is 4.79 Å². The van der Waals surface area contributed by atoms with E-state index >= 15 is 0 Å². The van der Waals surface area contributed by atoms with Crippen LogP contribution in [-0.4, -0.2) is 11.6 Å². The first kappa shape index (κ1) is 14.5. The van der Waals surface area contributed by atoms with E-state index in [0.29, 0.717) is 11.5 Å². The van der Waals surface area contributed by atoms with Gasteiger partial charge in [-0.3, -0.25) is 9.59 Å². The largest absolute Gasteiger partial charge is 0.290 e. The lowest BCUT2D eigenvalue weighted by atomic mass is 9.83. The van der Waals surface area contributed by atoms with Gasteiger partial charge in [0, 0.05) is 11.5 Å². The van der Waals surface area contributed by atoms with Crippen LogP contribution in [0.2, 0.25) is 0 Å². The Morgan fingerprint density at radius 1 is 0.857 bits per heavy atom. The van der Waals surface area contributed by atoms with E-state index in [-0.39, 0.29) is 17.5 Å². The van der Waals surface area contributed by atoms with Gasteiger partial charge >= 0.3 is 0 Å². The highest BCUT2D eigenvalue weighted by atomic mass is 16.2. The molecular formula is C19H24O2. The van der Waals surface area contributed by atoms with E-state index in [1.165, 1.54) is 37.7 Å². The summed E-state index contributed by atoms with van der Waals surface area (Å²) in [4.78, 5) is 24.8. The van der Waals surface area contributed by atoms with Crippen molar-refractivity contribution < 1.29 is 9.59 Å². The van der Waals surface area contributed by atoms with E-state index in [4.69, 9.17) is 0 Å². The van der Waals surface area contributed by atoms with Crippen molar-refractivity contribution in [3.63, 3.8) is 0 Å². The van der Waals surface area contributed by atoms with E-state index < -0.39 is 0 Å². The summed E-state index contributed by atoms with van der Waals surface area (Å²) in [6.45, 7) is 0. The van der Waals surface area contributed by atoms with Crippen molar-refractivity contribution in [1.82, 2.24) is 0 Å². The lowest BCUT2D eigenvalue weighted by Gasteiger charge is -2.19. The smallest absolute Gasteiger partial charge is 0.228 e. The summed E-state index contributed by atoms with van der Waals surface area (Å²) in [5, 5.41) is 0. The van der Waals surface area contributed by atoms with Gasteiger partial charge in [0.25, 0.3) is 0 Å². The summed E-state index contributed by atoms with van der Waals surface area (Å²) < 4.78 is 0. The minimum absolute atomic E-state index is 0.0265. The fourth-order valence-electron chi connectivity index (χ4n) is 3.89. The van der Waals surface area contributed by atoms with Crippen molar-refractivity contribution in [3.8, 4) is 0 Å². The number of carbonyl (C=O) groups excluding carboxylic acids is 2. The van der Waals surface area contributed by atoms with E-state index in [2.05, 4.69) is 6.07 Å². The van der Waals surface area contributed by atoms with Crippen LogP contribution in [0.3, 0.4) is 0 Å². The van der Waals surface area contributed by atoms with Crippen LogP contribution in [0.4, 0.5) is 0 Å². The molecule has 1 aromatic carbocycles. The Bertz CT molecular complexity index is 520. The first-order valence-electron chi connectivity index (χ1n) is 8.44. The molecule has 2 nitrogen and oxygen atoms in total. The molecule has 0 amide bonds. The first-order valence-corrected chi connectivity index (χ1v) is 8.44. The van der Waals surface area contributed by atoms with Crippen LogP contribution in [0.5, 0.6) is 0 Å². The number of hydrogen-bond donors (Lipinski definition) is 0. The molecule has 2 fully saturated rings. The van der Waals surface area contributed by atoms with Gasteiger partial charge in [-0.15, -0.1) is 0 Å². The average molecular weight is 284 g/mol. The van der Waals surface area contributed by atoms with Crippen molar-refractivity contribution in [2.24, 2.45) is 5.92 Å². The molecule has 3 rings (SSSR count). The van der Waals surface area contributed by atoms with Gasteiger partial charge in [0.1, 0.15) is 0 Å². The molecule has 21 heavy (non-hydrogen) atoms. The van der Waals surface area contributed by atoms with Gasteiger partial charge in [0.05, 0.1) is 0 Å². The molecule has 0 saturated heterocycles. The summed E-state index contributed by atoms with van der Waals surface area (Å²) in [6.07, 6.45) is 10.2. The van der Waals surface area contributed by atoms with Crippen molar-refractivity contribution in [3.05, 3.63) is 35.4 Å². The molecule has 0 N–H and O–H groups in total. The molecule has 0 aromatic heterocycles. The summed E-state index contributed by atoms with van der Waals surface area (Å²) in [5.41, 5.74) is 1.85. The Morgan fingerprint density at radius 3 is 2.24 bits per heavy atom. The number of benzene rings is 1. The Labute approximate surface area is 126 Å². The molecule has 2 aliphatic rings. The second kappa shape index (κ2) is 6.55. The molecule has 0 bridgehead atoms. The monoisotopic (exact) mass is 284 g/mol. The normalized spacial score (nSPS) is 20.6. The predicted octanol–water partition coefficient (Wildman–Crippen LogP) is 4.68. The third kappa shape index (κ3) is 3.25. The van der Waals surface area contributed by atoms with E-state index in [0.717, 1.165) is 25.7 Å². The van der Waals surface area contributed by atoms with Gasteiger partial charge in [0.2, 0.25) is 11.6 Å². The van der Waals surface area contributed by atoms with Gasteiger partial charge in [-0.1, -0.05) is 50.3 Å². The molecule has 0 radical (unpaired) electrons. The van der Waals surface area contributed by atoms with Crippen LogP contribution in [0, 0.1) is 5.92 Å². The molecule has 2 heteroatoms. The van der Waals surface area contributed by atoms with Crippen LogP contribution in [0.15, 0.2) is 24.3 Å². The Morgan fingerprint density at radius 2 is 1.52 bits per heavy atom. The van der Waals surface area contributed by atoms with Gasteiger partial charge in [-0.25, -0.2) is 0 Å². The maximum atomic E-state index is 12.5. The summed E-state index contributed by atoms with van der Waals surface area (Å²) >= 11 is 0. The van der Waals surface area contributed by atoms with Gasteiger partial charge < -0.3 is 0 Å². The minimum Gasteiger partial charge on any atom is -0.290 e. The van der Waals surface area contributed by atoms with E-state index in [1.807, 2.05) is 18.2 Å². The third-order valence-electron chi connectivity index (χ3n) is 5.18. The molecule has 2 saturated carbocycles. The standard InChI is InChI=1S/C19H24O2/c20-18(15-9-2-1-3-10-15)19(21)17-12-6-11-16(13-17)14-7-4-5-8-14/h6,11-15H,1-5,7-10H2. The van der Waals surface area contributed by atoms with Crippen LogP contribution in [0.25, 0.3) is 0 Å². The molecule has 1 aromatic rings. The first-order chi connectivity index (χ1) is 10.3. The van der Waals surface area contributed by atoms with Crippen molar-refractivity contribution in [2.75, 3.05) is 0 Å². The van der Waals surface area contributed by atoms with Crippen LogP contribution in [0.1, 0.15) is 79.6 Å². The van der Waals surface area contributed by atoms with E-state index in [9.17, 15) is 9.59 Å². The number of hydrogen-bond acceptors (Lipinski definition) is 2. The maximum Gasteiger partial charge on any atom is 0.228 e. The fraction of sp³-hybridized carbons (Fsp3) is 0.579. The number of carbonyl (C=O) groups is 2. The molecule has 0 spiro atoms. The molecule has 0 heterocycles. The molecule has 2 aliphatic carbocycles. The fourth-order valence-corrected chi connectivity index (χ4v) is 3.89. The lowest BCUT2D eigenvalue weighted by molar-refractivity contribution is -0.119. The lowest BCUT2D eigenvalue weighted by Crippen LogP contribution is -2.25. The zero-order valence-corrected chi connectivity index (χ0v) is 12.6. The molecule has 112 valence electrons. The second-order valence-corrected chi connectivity index (χ2v) is 6.64. The molecule has 0 atom stereocenters. The van der Waals surface area contributed by atoms with Crippen molar-refractivity contribution in [1.29, 1.82) is 0 Å². The SMILES string of the molecule is O=C(C(=O)C1CCCCC1)c1cccc(C2CCCC2)c1. The van der Waals surface area contributed by atoms with Gasteiger partial charge in [-0.05, 0) is 43.2 Å². The third-order valence-corrected chi connectivity index (χ3v) is 5.18. The predicted molar refractivity (Wildman–Crippen MR) is 83.6 cm³/mol. The molecule has 0 aliphatic heterocycles. The van der Waals surface area contributed by atoms with Gasteiger partial charge in [-0.2, -0.15) is 0 Å². The van der Waals surface area contributed by atoms with Crippen molar-refractivity contribution in [2.45, 2.75) is 63.7 Å². The highest BCUT2D eigenvalue weighted by molar-refractivity contribution is 6.44. The van der Waals surface area contributed by atoms with E-state index in [1.54, 1.807) is 0 Å². The number of rotatable bonds is 4. The summed E-state index contributed by atoms with van der Waals surface area (Å²) in [7, 11) is 0. The highest BCUT2D eigenvalue weighted by Gasteiger charge is 2.28. The van der Waals surface area contributed by atoms with Gasteiger partial charge in [0.15, 0.2) is 0 Å². The second-order valence-electron chi connectivity index (χ2n) is 6.64. The van der Waals surface area contributed by atoms with Crippen LogP contribution >= 0.6 is 0 Å². The van der Waals surface area contributed by atoms with Crippen molar-refractivity contribution >= 4 is 11.6 Å². The van der Waals surface area contributed by atoms with Crippen LogP contribution < -0.4 is 0 Å². The zero-order chi connectivity index (χ0) is 14.7. The molecule has 0 unspecified atom stereocenters.